The maximum Gasteiger partial charge on any atom is 0.265 e. The molecule has 2 N–H and O–H groups in total. The lowest BCUT2D eigenvalue weighted by molar-refractivity contribution is -0.114. The summed E-state index contributed by atoms with van der Waals surface area (Å²) in [4.78, 5) is 13.1. The van der Waals surface area contributed by atoms with E-state index in [-0.39, 0.29) is 9.79 Å². The predicted molar refractivity (Wildman–Crippen MR) is 156 cm³/mol. The van der Waals surface area contributed by atoms with Crippen LogP contribution in [0.15, 0.2) is 125 Å². The summed E-state index contributed by atoms with van der Waals surface area (Å²) in [5, 5.41) is 4.35. The molecule has 0 aromatic heterocycles. The SMILES string of the molecule is O=C(CN1c2ccccc2-c2ccccc2S1(=O)=O)Nc1ccc(S(=O)(=O)Nc2cccc3ccccc23)cc1. The van der Waals surface area contributed by atoms with E-state index in [9.17, 15) is 21.6 Å². The van der Waals surface area contributed by atoms with Crippen LogP contribution in [0.2, 0.25) is 0 Å². The summed E-state index contributed by atoms with van der Waals surface area (Å²) in [5.74, 6) is -0.567. The molecule has 1 aliphatic heterocycles. The molecule has 10 heteroatoms. The maximum absolute atomic E-state index is 13.4. The molecule has 8 nitrogen and oxygen atoms in total. The van der Waals surface area contributed by atoms with Gasteiger partial charge in [-0.2, -0.15) is 0 Å². The van der Waals surface area contributed by atoms with Crippen LogP contribution in [0.25, 0.3) is 21.9 Å². The van der Waals surface area contributed by atoms with Crippen molar-refractivity contribution in [3.63, 3.8) is 0 Å². The van der Waals surface area contributed by atoms with Crippen molar-refractivity contribution >= 4 is 53.8 Å². The van der Waals surface area contributed by atoms with Crippen LogP contribution in [0.5, 0.6) is 0 Å². The third kappa shape index (κ3) is 4.57. The van der Waals surface area contributed by atoms with Crippen LogP contribution >= 0.6 is 0 Å². The Balaban J connectivity index is 1.20. The predicted octanol–water partition coefficient (Wildman–Crippen LogP) is 5.46. The van der Waals surface area contributed by atoms with Crippen LogP contribution in [0, 0.1) is 0 Å². The van der Waals surface area contributed by atoms with Gasteiger partial charge in [-0.1, -0.05) is 72.8 Å². The summed E-state index contributed by atoms with van der Waals surface area (Å²) in [5.41, 5.74) is 2.51. The Bertz CT molecular complexity index is 1980. The molecule has 5 aromatic carbocycles. The number of hydrogen-bond acceptors (Lipinski definition) is 5. The Labute approximate surface area is 232 Å². The first kappa shape index (κ1) is 25.6. The fraction of sp³-hybridized carbons (Fsp3) is 0.0333. The fourth-order valence-electron chi connectivity index (χ4n) is 4.82. The van der Waals surface area contributed by atoms with Crippen molar-refractivity contribution in [3.8, 4) is 11.1 Å². The zero-order valence-corrected chi connectivity index (χ0v) is 22.6. The van der Waals surface area contributed by atoms with E-state index < -0.39 is 32.5 Å². The van der Waals surface area contributed by atoms with E-state index >= 15 is 0 Å². The quantitative estimate of drug-likeness (QED) is 0.282. The topological polar surface area (TPSA) is 113 Å². The van der Waals surface area contributed by atoms with Crippen molar-refractivity contribution in [1.29, 1.82) is 0 Å². The molecule has 1 amide bonds. The third-order valence-corrected chi connectivity index (χ3v) is 9.89. The number of para-hydroxylation sites is 1. The molecule has 0 radical (unpaired) electrons. The van der Waals surface area contributed by atoms with E-state index in [1.165, 1.54) is 30.3 Å². The number of nitrogens with zero attached hydrogens (tertiary/aromatic N) is 1. The van der Waals surface area contributed by atoms with Crippen molar-refractivity contribution < 1.29 is 21.6 Å². The number of fused-ring (bicyclic) bond motifs is 4. The molecule has 1 heterocycles. The monoisotopic (exact) mass is 569 g/mol. The zero-order valence-electron chi connectivity index (χ0n) is 21.0. The van der Waals surface area contributed by atoms with E-state index in [0.717, 1.165) is 15.1 Å². The molecule has 0 bridgehead atoms. The number of carbonyl (C=O) groups excluding carboxylic acids is 1. The second-order valence-corrected chi connectivity index (χ2v) is 12.7. The van der Waals surface area contributed by atoms with Gasteiger partial charge in [0, 0.05) is 22.2 Å². The zero-order chi connectivity index (χ0) is 27.9. The first-order valence-corrected chi connectivity index (χ1v) is 15.3. The summed E-state index contributed by atoms with van der Waals surface area (Å²) in [6.07, 6.45) is 0. The van der Waals surface area contributed by atoms with E-state index in [2.05, 4.69) is 10.0 Å². The number of hydrogen-bond donors (Lipinski definition) is 2. The van der Waals surface area contributed by atoms with Crippen molar-refractivity contribution in [2.24, 2.45) is 0 Å². The molecule has 6 rings (SSSR count). The molecule has 200 valence electrons. The lowest BCUT2D eigenvalue weighted by Crippen LogP contribution is -2.40. The van der Waals surface area contributed by atoms with E-state index in [1.807, 2.05) is 42.5 Å². The highest BCUT2D eigenvalue weighted by Crippen LogP contribution is 2.42. The molecule has 5 aromatic rings. The molecule has 0 unspecified atom stereocenters. The van der Waals surface area contributed by atoms with E-state index in [4.69, 9.17) is 0 Å². The Morgan fingerprint density at radius 2 is 1.38 bits per heavy atom. The highest BCUT2D eigenvalue weighted by atomic mass is 32.2. The minimum Gasteiger partial charge on any atom is -0.325 e. The van der Waals surface area contributed by atoms with Gasteiger partial charge in [-0.3, -0.25) is 13.8 Å². The van der Waals surface area contributed by atoms with Gasteiger partial charge in [-0.25, -0.2) is 16.8 Å². The molecule has 1 aliphatic rings. The van der Waals surface area contributed by atoms with Gasteiger partial charge < -0.3 is 5.32 Å². The summed E-state index contributed by atoms with van der Waals surface area (Å²) in [7, 11) is -7.87. The van der Waals surface area contributed by atoms with Gasteiger partial charge >= 0.3 is 0 Å². The summed E-state index contributed by atoms with van der Waals surface area (Å²) < 4.78 is 56.7. The van der Waals surface area contributed by atoms with Crippen LogP contribution in [0.4, 0.5) is 17.1 Å². The number of rotatable bonds is 6. The average Bonchev–Trinajstić information content (AvgIpc) is 2.96. The third-order valence-electron chi connectivity index (χ3n) is 6.69. The first-order valence-electron chi connectivity index (χ1n) is 12.4. The Kier molecular flexibility index (Phi) is 6.28. The fourth-order valence-corrected chi connectivity index (χ4v) is 7.55. The second kappa shape index (κ2) is 9.82. The van der Waals surface area contributed by atoms with Crippen molar-refractivity contribution in [2.45, 2.75) is 9.79 Å². The second-order valence-electron chi connectivity index (χ2n) is 9.23. The molecule has 40 heavy (non-hydrogen) atoms. The van der Waals surface area contributed by atoms with Gasteiger partial charge in [0.1, 0.15) is 6.54 Å². The summed E-state index contributed by atoms with van der Waals surface area (Å²) in [6.45, 7) is -0.448. The number of sulfonamides is 2. The lowest BCUT2D eigenvalue weighted by atomic mass is 10.0. The van der Waals surface area contributed by atoms with Gasteiger partial charge in [-0.05, 0) is 47.9 Å². The first-order chi connectivity index (χ1) is 19.2. The van der Waals surface area contributed by atoms with Gasteiger partial charge in [0.25, 0.3) is 20.0 Å². The van der Waals surface area contributed by atoms with Gasteiger partial charge in [0.2, 0.25) is 5.91 Å². The van der Waals surface area contributed by atoms with Crippen molar-refractivity contribution in [3.05, 3.63) is 115 Å². The van der Waals surface area contributed by atoms with Gasteiger partial charge in [0.15, 0.2) is 0 Å². The number of carbonyl (C=O) groups is 1. The average molecular weight is 570 g/mol. The molecule has 0 spiro atoms. The summed E-state index contributed by atoms with van der Waals surface area (Å²) >= 11 is 0. The van der Waals surface area contributed by atoms with Crippen molar-refractivity contribution in [2.75, 3.05) is 20.9 Å². The summed E-state index contributed by atoms with van der Waals surface area (Å²) in [6, 6.07) is 32.2. The number of anilines is 3. The maximum atomic E-state index is 13.4. The number of amides is 1. The van der Waals surface area contributed by atoms with Gasteiger partial charge in [-0.15, -0.1) is 0 Å². The van der Waals surface area contributed by atoms with Gasteiger partial charge in [0.05, 0.1) is 21.2 Å². The lowest BCUT2D eigenvalue weighted by Gasteiger charge is -2.31. The number of benzene rings is 5. The molecule has 0 saturated heterocycles. The minimum absolute atomic E-state index is 0.0163. The van der Waals surface area contributed by atoms with Crippen LogP contribution in [0.3, 0.4) is 0 Å². The molecule has 0 fully saturated rings. The normalized spacial score (nSPS) is 13.8. The van der Waals surface area contributed by atoms with Crippen LogP contribution in [-0.4, -0.2) is 29.3 Å². The van der Waals surface area contributed by atoms with Crippen molar-refractivity contribution in [1.82, 2.24) is 0 Å². The van der Waals surface area contributed by atoms with E-state index in [0.29, 0.717) is 28.2 Å². The number of nitrogens with one attached hydrogen (secondary N) is 2. The molecule has 0 aliphatic carbocycles. The highest BCUT2D eigenvalue weighted by molar-refractivity contribution is 7.93. The van der Waals surface area contributed by atoms with E-state index in [1.54, 1.807) is 42.5 Å². The van der Waals surface area contributed by atoms with Crippen LogP contribution in [-0.2, 0) is 24.8 Å². The molecule has 0 saturated carbocycles. The molecular formula is C30H23N3O5S2. The Morgan fingerprint density at radius 1 is 0.725 bits per heavy atom. The standard InChI is InChI=1S/C30H23N3O5S2/c34-30(20-33-28-14-5-3-11-25(28)26-12-4-6-15-29(26)40(33,37)38)31-22-16-18-23(19-17-22)39(35,36)32-27-13-7-9-21-8-1-2-10-24(21)27/h1-19,32H,20H2,(H,31,34). The Hall–Kier alpha value is -4.67. The molecular weight excluding hydrogens is 546 g/mol. The molecule has 0 atom stereocenters. The minimum atomic E-state index is -3.97. The largest absolute Gasteiger partial charge is 0.325 e. The smallest absolute Gasteiger partial charge is 0.265 e. The van der Waals surface area contributed by atoms with Crippen LogP contribution in [0.1, 0.15) is 0 Å². The van der Waals surface area contributed by atoms with Crippen LogP contribution < -0.4 is 14.3 Å². The highest BCUT2D eigenvalue weighted by Gasteiger charge is 2.35. The Morgan fingerprint density at radius 3 is 2.17 bits per heavy atom.